The molecule has 1 saturated heterocycles. The first kappa shape index (κ1) is 26.6. The molecule has 9 nitrogen and oxygen atoms in total. The number of carbonyl (C=O) groups is 1. The molecule has 1 fully saturated rings. The number of ether oxygens (including phenoxy) is 1. The summed E-state index contributed by atoms with van der Waals surface area (Å²) in [6, 6.07) is 18.9. The Morgan fingerprint density at radius 1 is 0.951 bits per heavy atom. The van der Waals surface area contributed by atoms with Crippen molar-refractivity contribution in [3.8, 4) is 23.0 Å². The third-order valence-corrected chi connectivity index (χ3v) is 7.53. The van der Waals surface area contributed by atoms with E-state index in [2.05, 4.69) is 40.1 Å². The summed E-state index contributed by atoms with van der Waals surface area (Å²) in [5, 5.41) is 3.04. The van der Waals surface area contributed by atoms with Gasteiger partial charge in [-0.05, 0) is 73.6 Å². The number of pyridine rings is 1. The summed E-state index contributed by atoms with van der Waals surface area (Å²) in [7, 11) is 4.09. The standard InChI is InChI=1S/C32H33N7O2/c1-22-19-26(8-7-25(22)21-39-17-15-37(2)16-18-39)34-31(40)24-5-4-6-27(20-24)41-32-29-28(11-14-38(29)3)35-30(36-32)23-9-12-33-13-10-23/h4-14,19-20H,15-18,21H2,1-3H3,(H,34,40). The van der Waals surface area contributed by atoms with Gasteiger partial charge in [-0.15, -0.1) is 0 Å². The number of piperazine rings is 1. The number of carbonyl (C=O) groups excluding carboxylic acids is 1. The van der Waals surface area contributed by atoms with Gasteiger partial charge in [-0.3, -0.25) is 14.7 Å². The van der Waals surface area contributed by atoms with Crippen LogP contribution in [0.1, 0.15) is 21.5 Å². The molecule has 0 radical (unpaired) electrons. The fourth-order valence-electron chi connectivity index (χ4n) is 5.07. The quantitative estimate of drug-likeness (QED) is 0.302. The molecule has 2 aromatic carbocycles. The second-order valence-electron chi connectivity index (χ2n) is 10.6. The Kier molecular flexibility index (Phi) is 7.45. The van der Waals surface area contributed by atoms with E-state index in [0.717, 1.165) is 55.0 Å². The number of aryl methyl sites for hydroxylation is 2. The van der Waals surface area contributed by atoms with E-state index >= 15 is 0 Å². The Morgan fingerprint density at radius 3 is 2.54 bits per heavy atom. The topological polar surface area (TPSA) is 88.4 Å². The first-order valence-electron chi connectivity index (χ1n) is 13.8. The normalized spacial score (nSPS) is 14.3. The van der Waals surface area contributed by atoms with Crippen LogP contribution in [0.25, 0.3) is 22.4 Å². The molecular weight excluding hydrogens is 514 g/mol. The zero-order chi connectivity index (χ0) is 28.3. The lowest BCUT2D eigenvalue weighted by atomic mass is 10.1. The second kappa shape index (κ2) is 11.5. The number of nitrogens with zero attached hydrogens (tertiary/aromatic N) is 6. The van der Waals surface area contributed by atoms with E-state index in [9.17, 15) is 4.79 Å². The summed E-state index contributed by atoms with van der Waals surface area (Å²) in [5.74, 6) is 1.27. The number of amides is 1. The fraction of sp³-hybridized carbons (Fsp3) is 0.250. The molecule has 41 heavy (non-hydrogen) atoms. The molecule has 1 N–H and O–H groups in total. The van der Waals surface area contributed by atoms with E-state index in [1.54, 1.807) is 24.5 Å². The van der Waals surface area contributed by atoms with Crippen molar-refractivity contribution < 1.29 is 9.53 Å². The van der Waals surface area contributed by atoms with E-state index in [0.29, 0.717) is 23.0 Å². The molecule has 0 spiro atoms. The lowest BCUT2D eigenvalue weighted by molar-refractivity contribution is 0.102. The maximum atomic E-state index is 13.2. The number of hydrogen-bond acceptors (Lipinski definition) is 7. The van der Waals surface area contributed by atoms with Gasteiger partial charge >= 0.3 is 0 Å². The van der Waals surface area contributed by atoms with E-state index in [-0.39, 0.29) is 5.91 Å². The Hall–Kier alpha value is -4.60. The highest BCUT2D eigenvalue weighted by atomic mass is 16.5. The van der Waals surface area contributed by atoms with Crippen molar-refractivity contribution in [2.75, 3.05) is 38.5 Å². The van der Waals surface area contributed by atoms with Gasteiger partial charge in [-0.25, -0.2) is 4.98 Å². The number of rotatable bonds is 7. The van der Waals surface area contributed by atoms with Gasteiger partial charge in [0, 0.05) is 75.2 Å². The van der Waals surface area contributed by atoms with Crippen LogP contribution in [0.2, 0.25) is 0 Å². The minimum Gasteiger partial charge on any atom is -0.437 e. The number of hydrogen-bond donors (Lipinski definition) is 1. The van der Waals surface area contributed by atoms with Crippen molar-refractivity contribution in [1.29, 1.82) is 0 Å². The molecule has 0 bridgehead atoms. The second-order valence-corrected chi connectivity index (χ2v) is 10.6. The minimum atomic E-state index is -0.203. The average Bonchev–Trinajstić information content (AvgIpc) is 3.37. The lowest BCUT2D eigenvalue weighted by Crippen LogP contribution is -2.43. The van der Waals surface area contributed by atoms with Crippen LogP contribution in [0.4, 0.5) is 5.69 Å². The summed E-state index contributed by atoms with van der Waals surface area (Å²) in [4.78, 5) is 31.6. The maximum Gasteiger partial charge on any atom is 0.255 e. The Morgan fingerprint density at radius 2 is 1.76 bits per heavy atom. The Labute approximate surface area is 239 Å². The van der Waals surface area contributed by atoms with Gasteiger partial charge in [0.1, 0.15) is 11.3 Å². The van der Waals surface area contributed by atoms with Gasteiger partial charge in [-0.2, -0.15) is 4.98 Å². The van der Waals surface area contributed by atoms with Crippen molar-refractivity contribution in [3.05, 3.63) is 95.9 Å². The van der Waals surface area contributed by atoms with Crippen LogP contribution in [0.15, 0.2) is 79.3 Å². The summed E-state index contributed by atoms with van der Waals surface area (Å²) < 4.78 is 8.20. The maximum absolute atomic E-state index is 13.2. The molecule has 1 amide bonds. The predicted octanol–water partition coefficient (Wildman–Crippen LogP) is 5.13. The smallest absolute Gasteiger partial charge is 0.255 e. The van der Waals surface area contributed by atoms with Crippen molar-refractivity contribution in [3.63, 3.8) is 0 Å². The SMILES string of the molecule is Cc1cc(NC(=O)c2cccc(Oc3nc(-c4ccncc4)nc4ccn(C)c34)c2)ccc1CN1CCN(C)CC1. The largest absolute Gasteiger partial charge is 0.437 e. The van der Waals surface area contributed by atoms with Gasteiger partial charge in [0.2, 0.25) is 5.88 Å². The van der Waals surface area contributed by atoms with E-state index in [1.165, 1.54) is 11.1 Å². The summed E-state index contributed by atoms with van der Waals surface area (Å²) >= 11 is 0. The summed E-state index contributed by atoms with van der Waals surface area (Å²) in [6.07, 6.45) is 5.34. The van der Waals surface area contributed by atoms with Crippen molar-refractivity contribution in [2.45, 2.75) is 13.5 Å². The number of nitrogens with one attached hydrogen (secondary N) is 1. The molecule has 9 heteroatoms. The highest BCUT2D eigenvalue weighted by molar-refractivity contribution is 6.04. The average molecular weight is 548 g/mol. The summed E-state index contributed by atoms with van der Waals surface area (Å²) in [5.41, 5.74) is 6.09. The monoisotopic (exact) mass is 547 g/mol. The van der Waals surface area contributed by atoms with Gasteiger partial charge in [-0.1, -0.05) is 12.1 Å². The van der Waals surface area contributed by atoms with Crippen LogP contribution >= 0.6 is 0 Å². The number of fused-ring (bicyclic) bond motifs is 1. The van der Waals surface area contributed by atoms with Crippen LogP contribution in [-0.2, 0) is 13.6 Å². The van der Waals surface area contributed by atoms with Crippen molar-refractivity contribution in [1.82, 2.24) is 29.3 Å². The van der Waals surface area contributed by atoms with E-state index in [4.69, 9.17) is 14.7 Å². The van der Waals surface area contributed by atoms with Crippen LogP contribution < -0.4 is 10.1 Å². The van der Waals surface area contributed by atoms with Gasteiger partial charge < -0.3 is 19.5 Å². The molecule has 208 valence electrons. The predicted molar refractivity (Wildman–Crippen MR) is 160 cm³/mol. The molecule has 0 unspecified atom stereocenters. The van der Waals surface area contributed by atoms with Crippen LogP contribution in [0, 0.1) is 6.92 Å². The highest BCUT2D eigenvalue weighted by Crippen LogP contribution is 2.31. The number of benzene rings is 2. The Balaban J connectivity index is 1.19. The molecule has 1 aliphatic rings. The number of likely N-dealkylation sites (N-methyl/N-ethyl adjacent to an activating group) is 1. The van der Waals surface area contributed by atoms with Crippen molar-refractivity contribution in [2.24, 2.45) is 7.05 Å². The minimum absolute atomic E-state index is 0.203. The molecule has 4 heterocycles. The molecule has 1 aliphatic heterocycles. The zero-order valence-corrected chi connectivity index (χ0v) is 23.5. The third-order valence-electron chi connectivity index (χ3n) is 7.53. The van der Waals surface area contributed by atoms with E-state index < -0.39 is 0 Å². The molecular formula is C32H33N7O2. The zero-order valence-electron chi connectivity index (χ0n) is 23.5. The van der Waals surface area contributed by atoms with E-state index in [1.807, 2.05) is 60.3 Å². The van der Waals surface area contributed by atoms with Gasteiger partial charge in [0.05, 0.1) is 5.52 Å². The van der Waals surface area contributed by atoms with Gasteiger partial charge in [0.25, 0.3) is 5.91 Å². The molecule has 0 saturated carbocycles. The molecule has 3 aromatic heterocycles. The fourth-order valence-corrected chi connectivity index (χ4v) is 5.07. The van der Waals surface area contributed by atoms with Gasteiger partial charge in [0.15, 0.2) is 5.82 Å². The molecule has 6 rings (SSSR count). The molecule has 0 atom stereocenters. The van der Waals surface area contributed by atoms with Crippen LogP contribution in [0.5, 0.6) is 11.6 Å². The van der Waals surface area contributed by atoms with Crippen molar-refractivity contribution >= 4 is 22.6 Å². The third kappa shape index (κ3) is 5.96. The summed E-state index contributed by atoms with van der Waals surface area (Å²) in [6.45, 7) is 7.35. The Bertz CT molecular complexity index is 1690. The molecule has 0 aliphatic carbocycles. The number of aromatic nitrogens is 4. The highest BCUT2D eigenvalue weighted by Gasteiger charge is 2.17. The van der Waals surface area contributed by atoms with Crippen LogP contribution in [-0.4, -0.2) is 68.5 Å². The number of anilines is 1. The first-order valence-corrected chi connectivity index (χ1v) is 13.8. The van der Waals surface area contributed by atoms with Crippen LogP contribution in [0.3, 0.4) is 0 Å². The lowest BCUT2D eigenvalue weighted by Gasteiger charge is -2.32. The molecule has 5 aromatic rings. The first-order chi connectivity index (χ1) is 19.9.